The molecule has 0 radical (unpaired) electrons. The van der Waals surface area contributed by atoms with Gasteiger partial charge in [0.25, 0.3) is 0 Å². The Labute approximate surface area is 182 Å². The number of hydrogen-bond acceptors (Lipinski definition) is 4. The van der Waals surface area contributed by atoms with Crippen molar-refractivity contribution in [2.75, 3.05) is 40.5 Å². The highest BCUT2D eigenvalue weighted by atomic mass is 127. The molecule has 2 rings (SSSR count). The van der Waals surface area contributed by atoms with Crippen LogP contribution in [0.15, 0.2) is 23.2 Å². The number of ether oxygens (including phenoxy) is 2. The zero-order valence-electron chi connectivity index (χ0n) is 16.6. The molecule has 1 saturated carbocycles. The van der Waals surface area contributed by atoms with E-state index >= 15 is 0 Å². The lowest BCUT2D eigenvalue weighted by molar-refractivity contribution is -0.120. The summed E-state index contributed by atoms with van der Waals surface area (Å²) >= 11 is 0. The normalized spacial score (nSPS) is 14.6. The van der Waals surface area contributed by atoms with Gasteiger partial charge in [-0.15, -0.1) is 24.0 Å². The molecule has 0 heterocycles. The Morgan fingerprint density at radius 1 is 1.36 bits per heavy atom. The largest absolute Gasteiger partial charge is 0.490 e. The molecular formula is C19H30FIN4O3. The molecule has 7 nitrogen and oxygen atoms in total. The highest BCUT2D eigenvalue weighted by molar-refractivity contribution is 14.0. The molecule has 0 spiro atoms. The number of hydrogen-bond donors (Lipinski definition) is 3. The van der Waals surface area contributed by atoms with Crippen LogP contribution in [0, 0.1) is 11.7 Å². The van der Waals surface area contributed by atoms with E-state index in [0.717, 1.165) is 18.4 Å². The van der Waals surface area contributed by atoms with Crippen LogP contribution in [0.5, 0.6) is 5.75 Å². The van der Waals surface area contributed by atoms with Crippen molar-refractivity contribution in [2.24, 2.45) is 10.9 Å². The molecule has 1 aromatic carbocycles. The molecule has 1 unspecified atom stereocenters. The maximum absolute atomic E-state index is 14.2. The van der Waals surface area contributed by atoms with Crippen molar-refractivity contribution in [1.29, 1.82) is 0 Å². The number of nitrogens with one attached hydrogen (secondary N) is 3. The Bertz CT molecular complexity index is 656. The smallest absolute Gasteiger partial charge is 0.239 e. The number of amides is 1. The lowest BCUT2D eigenvalue weighted by Gasteiger charge is -2.19. The van der Waals surface area contributed by atoms with E-state index in [9.17, 15) is 9.18 Å². The predicted octanol–water partition coefficient (Wildman–Crippen LogP) is 2.22. The lowest BCUT2D eigenvalue weighted by Crippen LogP contribution is -2.44. The molecule has 0 bridgehead atoms. The first-order chi connectivity index (χ1) is 13.0. The molecule has 158 valence electrons. The second kappa shape index (κ2) is 12.8. The summed E-state index contributed by atoms with van der Waals surface area (Å²) in [6.45, 7) is 3.46. The molecule has 28 heavy (non-hydrogen) atoms. The van der Waals surface area contributed by atoms with E-state index in [2.05, 4.69) is 20.9 Å². The Balaban J connectivity index is 0.00000392. The standard InChI is InChI=1S/C19H29FN4O3.HI/c1-13(24-19(21-2)23-11-18(25)22-8-9-26-3)15-6-7-17(16(20)10-15)27-12-14-4-5-14;/h6-7,10,13-14H,4-5,8-9,11-12H2,1-3H3,(H,22,25)(H2,21,23,24);1H. The highest BCUT2D eigenvalue weighted by Crippen LogP contribution is 2.30. The van der Waals surface area contributed by atoms with Crippen LogP contribution in [0.2, 0.25) is 0 Å². The number of methoxy groups -OCH3 is 1. The molecule has 0 aliphatic heterocycles. The van der Waals surface area contributed by atoms with Crippen LogP contribution in [-0.4, -0.2) is 52.3 Å². The zero-order valence-corrected chi connectivity index (χ0v) is 18.9. The summed E-state index contributed by atoms with van der Waals surface area (Å²) in [7, 11) is 3.19. The van der Waals surface area contributed by atoms with Gasteiger partial charge in [-0.3, -0.25) is 9.79 Å². The van der Waals surface area contributed by atoms with Crippen molar-refractivity contribution < 1.29 is 18.7 Å². The summed E-state index contributed by atoms with van der Waals surface area (Å²) in [5.74, 6) is 0.783. The Hall–Kier alpha value is -1.62. The van der Waals surface area contributed by atoms with Gasteiger partial charge in [-0.2, -0.15) is 0 Å². The zero-order chi connectivity index (χ0) is 19.6. The van der Waals surface area contributed by atoms with Crippen molar-refractivity contribution in [2.45, 2.75) is 25.8 Å². The van der Waals surface area contributed by atoms with Crippen molar-refractivity contribution in [3.05, 3.63) is 29.6 Å². The molecule has 1 atom stereocenters. The third-order valence-electron chi connectivity index (χ3n) is 4.25. The highest BCUT2D eigenvalue weighted by Gasteiger charge is 2.22. The molecule has 0 aromatic heterocycles. The molecule has 3 N–H and O–H groups in total. The Morgan fingerprint density at radius 3 is 2.71 bits per heavy atom. The van der Waals surface area contributed by atoms with E-state index in [-0.39, 0.29) is 54.0 Å². The predicted molar refractivity (Wildman–Crippen MR) is 118 cm³/mol. The number of rotatable bonds is 10. The number of halogens is 2. The maximum Gasteiger partial charge on any atom is 0.239 e. The van der Waals surface area contributed by atoms with Crippen LogP contribution in [0.1, 0.15) is 31.4 Å². The van der Waals surface area contributed by atoms with Crippen molar-refractivity contribution in [1.82, 2.24) is 16.0 Å². The SMILES string of the molecule is CN=C(NCC(=O)NCCOC)NC(C)c1ccc(OCC2CC2)c(F)c1.I. The van der Waals surface area contributed by atoms with Crippen LogP contribution in [-0.2, 0) is 9.53 Å². The second-order valence-corrected chi connectivity index (χ2v) is 6.58. The fourth-order valence-electron chi connectivity index (χ4n) is 2.40. The number of carbonyl (C=O) groups is 1. The molecule has 0 saturated heterocycles. The monoisotopic (exact) mass is 508 g/mol. The molecule has 1 aliphatic rings. The van der Waals surface area contributed by atoms with E-state index in [1.54, 1.807) is 20.2 Å². The van der Waals surface area contributed by atoms with Crippen LogP contribution in [0.25, 0.3) is 0 Å². The summed E-state index contributed by atoms with van der Waals surface area (Å²) in [5.41, 5.74) is 0.763. The maximum atomic E-state index is 14.2. The number of benzene rings is 1. The van der Waals surface area contributed by atoms with Gasteiger partial charge in [0.05, 0.1) is 25.8 Å². The molecule has 1 amide bonds. The minimum absolute atomic E-state index is 0. The first kappa shape index (κ1) is 24.4. The van der Waals surface area contributed by atoms with Gasteiger partial charge in [-0.05, 0) is 43.4 Å². The van der Waals surface area contributed by atoms with E-state index < -0.39 is 0 Å². The molecule has 1 aromatic rings. The molecular weight excluding hydrogens is 478 g/mol. The van der Waals surface area contributed by atoms with Gasteiger partial charge >= 0.3 is 0 Å². The quantitative estimate of drug-likeness (QED) is 0.196. The van der Waals surface area contributed by atoms with Crippen molar-refractivity contribution in [3.8, 4) is 5.75 Å². The average Bonchev–Trinajstić information content (AvgIpc) is 3.48. The summed E-state index contributed by atoms with van der Waals surface area (Å²) < 4.78 is 24.6. The summed E-state index contributed by atoms with van der Waals surface area (Å²) in [6, 6.07) is 4.75. The summed E-state index contributed by atoms with van der Waals surface area (Å²) in [6.07, 6.45) is 2.33. The van der Waals surface area contributed by atoms with Gasteiger partial charge in [-0.25, -0.2) is 4.39 Å². The average molecular weight is 508 g/mol. The molecule has 9 heteroatoms. The first-order valence-corrected chi connectivity index (χ1v) is 9.18. The number of carbonyl (C=O) groups excluding carboxylic acids is 1. The minimum Gasteiger partial charge on any atom is -0.490 e. The van der Waals surface area contributed by atoms with Gasteiger partial charge in [0, 0.05) is 20.7 Å². The molecule has 1 aliphatic carbocycles. The Kier molecular flexibility index (Phi) is 11.1. The van der Waals surface area contributed by atoms with E-state index in [4.69, 9.17) is 9.47 Å². The van der Waals surface area contributed by atoms with E-state index in [1.165, 1.54) is 6.07 Å². The third kappa shape index (κ3) is 8.59. The van der Waals surface area contributed by atoms with Crippen molar-refractivity contribution in [3.63, 3.8) is 0 Å². The lowest BCUT2D eigenvalue weighted by atomic mass is 10.1. The first-order valence-electron chi connectivity index (χ1n) is 9.18. The topological polar surface area (TPSA) is 84.0 Å². The second-order valence-electron chi connectivity index (χ2n) is 6.58. The van der Waals surface area contributed by atoms with Gasteiger partial charge in [-0.1, -0.05) is 6.07 Å². The number of aliphatic imine (C=N–C) groups is 1. The van der Waals surface area contributed by atoms with Gasteiger partial charge in [0.15, 0.2) is 17.5 Å². The van der Waals surface area contributed by atoms with Crippen LogP contribution in [0.3, 0.4) is 0 Å². The van der Waals surface area contributed by atoms with Crippen LogP contribution >= 0.6 is 24.0 Å². The van der Waals surface area contributed by atoms with Crippen LogP contribution in [0.4, 0.5) is 4.39 Å². The van der Waals surface area contributed by atoms with E-state index in [0.29, 0.717) is 31.6 Å². The molecule has 1 fully saturated rings. The van der Waals surface area contributed by atoms with Crippen LogP contribution < -0.4 is 20.7 Å². The fourth-order valence-corrected chi connectivity index (χ4v) is 2.40. The number of guanidine groups is 1. The number of nitrogens with zero attached hydrogens (tertiary/aromatic N) is 1. The fraction of sp³-hybridized carbons (Fsp3) is 0.579. The minimum atomic E-state index is -0.373. The third-order valence-corrected chi connectivity index (χ3v) is 4.25. The Morgan fingerprint density at radius 2 is 2.11 bits per heavy atom. The summed E-state index contributed by atoms with van der Waals surface area (Å²) in [5, 5.41) is 8.78. The van der Waals surface area contributed by atoms with Crippen molar-refractivity contribution >= 4 is 35.8 Å². The van der Waals surface area contributed by atoms with Gasteiger partial charge < -0.3 is 25.4 Å². The van der Waals surface area contributed by atoms with E-state index in [1.807, 2.05) is 13.0 Å². The van der Waals surface area contributed by atoms with Gasteiger partial charge in [0.1, 0.15) is 0 Å². The summed E-state index contributed by atoms with van der Waals surface area (Å²) in [4.78, 5) is 15.8. The van der Waals surface area contributed by atoms with Gasteiger partial charge in [0.2, 0.25) is 5.91 Å².